The lowest BCUT2D eigenvalue weighted by Crippen LogP contribution is -2.38. The SMILES string of the molecule is C=CC(C)CS[C@@H]1[C@H]2CC[C@@](C)([C@@H]1O)C2(C)C. The van der Waals surface area contributed by atoms with Gasteiger partial charge in [-0.2, -0.15) is 11.8 Å². The lowest BCUT2D eigenvalue weighted by Gasteiger charge is -2.37. The first-order valence-electron chi connectivity index (χ1n) is 6.77. The van der Waals surface area contributed by atoms with E-state index in [1.807, 2.05) is 17.8 Å². The Hall–Kier alpha value is 0.0500. The molecule has 2 aliphatic rings. The lowest BCUT2D eigenvalue weighted by molar-refractivity contribution is 0.0148. The fraction of sp³-hybridized carbons (Fsp3) is 0.867. The van der Waals surface area contributed by atoms with Gasteiger partial charge < -0.3 is 5.11 Å². The first-order valence-corrected chi connectivity index (χ1v) is 7.81. The maximum absolute atomic E-state index is 10.6. The molecular weight excluding hydrogens is 228 g/mol. The van der Waals surface area contributed by atoms with Gasteiger partial charge in [0.25, 0.3) is 0 Å². The van der Waals surface area contributed by atoms with Gasteiger partial charge in [0.05, 0.1) is 6.10 Å². The molecule has 0 amide bonds. The van der Waals surface area contributed by atoms with Crippen LogP contribution in [0, 0.1) is 22.7 Å². The standard InChI is InChI=1S/C15H26OS/c1-6-10(2)9-17-12-11-7-8-15(5,13(12)16)14(11,3)4/h6,10-13,16H,1,7-9H2,2-5H3/t10?,11-,12-,13-,15+/m1/s1. The van der Waals surface area contributed by atoms with E-state index in [9.17, 15) is 5.11 Å². The van der Waals surface area contributed by atoms with Crippen LogP contribution in [0.5, 0.6) is 0 Å². The van der Waals surface area contributed by atoms with E-state index in [2.05, 4.69) is 34.3 Å². The summed E-state index contributed by atoms with van der Waals surface area (Å²) in [5.41, 5.74) is 0.425. The first-order chi connectivity index (χ1) is 7.84. The van der Waals surface area contributed by atoms with Crippen molar-refractivity contribution >= 4 is 11.8 Å². The summed E-state index contributed by atoms with van der Waals surface area (Å²) >= 11 is 1.97. The van der Waals surface area contributed by atoms with Crippen LogP contribution in [-0.4, -0.2) is 22.2 Å². The minimum absolute atomic E-state index is 0.127. The fourth-order valence-electron chi connectivity index (χ4n) is 3.79. The Bertz CT molecular complexity index is 312. The summed E-state index contributed by atoms with van der Waals surface area (Å²) < 4.78 is 0. The van der Waals surface area contributed by atoms with Gasteiger partial charge in [0, 0.05) is 5.25 Å². The van der Waals surface area contributed by atoms with Gasteiger partial charge in [0.2, 0.25) is 0 Å². The fourth-order valence-corrected chi connectivity index (χ4v) is 5.64. The zero-order valence-electron chi connectivity index (χ0n) is 11.6. The molecular formula is C15H26OS. The summed E-state index contributed by atoms with van der Waals surface area (Å²) in [5, 5.41) is 11.0. The predicted molar refractivity (Wildman–Crippen MR) is 76.2 cm³/mol. The van der Waals surface area contributed by atoms with Gasteiger partial charge in [-0.15, -0.1) is 6.58 Å². The molecule has 1 nitrogen and oxygen atoms in total. The number of fused-ring (bicyclic) bond motifs is 2. The molecule has 98 valence electrons. The molecule has 1 N–H and O–H groups in total. The second kappa shape index (κ2) is 4.31. The highest BCUT2D eigenvalue weighted by molar-refractivity contribution is 8.00. The predicted octanol–water partition coefficient (Wildman–Crippen LogP) is 3.73. The minimum Gasteiger partial charge on any atom is -0.391 e. The third kappa shape index (κ3) is 1.79. The highest BCUT2D eigenvalue weighted by atomic mass is 32.2. The molecule has 0 aromatic rings. The van der Waals surface area contributed by atoms with Gasteiger partial charge >= 0.3 is 0 Å². The first kappa shape index (κ1) is 13.5. The summed E-state index contributed by atoms with van der Waals surface area (Å²) in [6.07, 6.45) is 4.37. The largest absolute Gasteiger partial charge is 0.391 e. The van der Waals surface area contributed by atoms with Crippen LogP contribution in [0.15, 0.2) is 12.7 Å². The monoisotopic (exact) mass is 254 g/mol. The van der Waals surface area contributed by atoms with Crippen LogP contribution in [0.3, 0.4) is 0 Å². The van der Waals surface area contributed by atoms with Crippen LogP contribution in [0.1, 0.15) is 40.5 Å². The molecule has 0 saturated heterocycles. The van der Waals surface area contributed by atoms with Gasteiger partial charge in [0.15, 0.2) is 0 Å². The normalized spacial score (nSPS) is 44.9. The third-order valence-corrected chi connectivity index (χ3v) is 7.38. The van der Waals surface area contributed by atoms with Crippen molar-refractivity contribution in [2.45, 2.75) is 51.9 Å². The van der Waals surface area contributed by atoms with Crippen molar-refractivity contribution in [2.24, 2.45) is 22.7 Å². The Labute approximate surface area is 110 Å². The Balaban J connectivity index is 2.09. The average Bonchev–Trinajstić information content (AvgIpc) is 2.59. The Morgan fingerprint density at radius 2 is 2.12 bits per heavy atom. The molecule has 0 aromatic carbocycles. The Morgan fingerprint density at radius 3 is 2.59 bits per heavy atom. The number of hydrogen-bond acceptors (Lipinski definition) is 2. The molecule has 2 heteroatoms. The van der Waals surface area contributed by atoms with Crippen LogP contribution in [0.4, 0.5) is 0 Å². The number of aliphatic hydroxyl groups excluding tert-OH is 1. The molecule has 2 rings (SSSR count). The maximum atomic E-state index is 10.6. The molecule has 2 aliphatic carbocycles. The Morgan fingerprint density at radius 1 is 1.47 bits per heavy atom. The van der Waals surface area contributed by atoms with E-state index in [-0.39, 0.29) is 11.5 Å². The van der Waals surface area contributed by atoms with Crippen LogP contribution in [0.25, 0.3) is 0 Å². The molecule has 2 fully saturated rings. The molecule has 5 atom stereocenters. The van der Waals surface area contributed by atoms with Gasteiger partial charge in [0.1, 0.15) is 0 Å². The number of aliphatic hydroxyl groups is 1. The molecule has 0 spiro atoms. The van der Waals surface area contributed by atoms with Crippen LogP contribution >= 0.6 is 11.8 Å². The topological polar surface area (TPSA) is 20.2 Å². The molecule has 0 aliphatic heterocycles. The van der Waals surface area contributed by atoms with E-state index in [0.717, 1.165) is 5.75 Å². The third-order valence-electron chi connectivity index (χ3n) is 5.69. The number of rotatable bonds is 4. The summed E-state index contributed by atoms with van der Waals surface area (Å²) in [5.74, 6) is 2.32. The molecule has 2 saturated carbocycles. The number of allylic oxidation sites excluding steroid dienone is 1. The van der Waals surface area contributed by atoms with Crippen molar-refractivity contribution in [2.75, 3.05) is 5.75 Å². The molecule has 2 bridgehead atoms. The van der Waals surface area contributed by atoms with E-state index in [1.165, 1.54) is 12.8 Å². The zero-order chi connectivity index (χ0) is 12.8. The van der Waals surface area contributed by atoms with Crippen molar-refractivity contribution in [1.82, 2.24) is 0 Å². The summed E-state index contributed by atoms with van der Waals surface area (Å²) in [6, 6.07) is 0. The highest BCUT2D eigenvalue weighted by Crippen LogP contribution is 2.67. The second-order valence-electron chi connectivity index (χ2n) is 6.74. The number of thioether (sulfide) groups is 1. The molecule has 0 radical (unpaired) electrons. The van der Waals surface area contributed by atoms with Crippen molar-refractivity contribution in [3.63, 3.8) is 0 Å². The molecule has 0 aromatic heterocycles. The van der Waals surface area contributed by atoms with E-state index in [4.69, 9.17) is 0 Å². The van der Waals surface area contributed by atoms with Crippen molar-refractivity contribution < 1.29 is 5.11 Å². The molecule has 0 heterocycles. The van der Waals surface area contributed by atoms with E-state index in [0.29, 0.717) is 22.5 Å². The van der Waals surface area contributed by atoms with Crippen LogP contribution in [-0.2, 0) is 0 Å². The second-order valence-corrected chi connectivity index (χ2v) is 7.95. The quantitative estimate of drug-likeness (QED) is 0.772. The smallest absolute Gasteiger partial charge is 0.0720 e. The van der Waals surface area contributed by atoms with Crippen molar-refractivity contribution in [1.29, 1.82) is 0 Å². The van der Waals surface area contributed by atoms with E-state index in [1.54, 1.807) is 0 Å². The van der Waals surface area contributed by atoms with Gasteiger partial charge in [-0.3, -0.25) is 0 Å². The number of hydrogen-bond donors (Lipinski definition) is 1. The van der Waals surface area contributed by atoms with Gasteiger partial charge in [-0.05, 0) is 41.3 Å². The lowest BCUT2D eigenvalue weighted by atomic mass is 9.70. The summed E-state index contributed by atoms with van der Waals surface area (Å²) in [7, 11) is 0. The maximum Gasteiger partial charge on any atom is 0.0720 e. The van der Waals surface area contributed by atoms with Crippen LogP contribution in [0.2, 0.25) is 0 Å². The molecule has 17 heavy (non-hydrogen) atoms. The van der Waals surface area contributed by atoms with E-state index < -0.39 is 0 Å². The highest BCUT2D eigenvalue weighted by Gasteiger charge is 2.65. The van der Waals surface area contributed by atoms with Crippen molar-refractivity contribution in [3.05, 3.63) is 12.7 Å². The van der Waals surface area contributed by atoms with Crippen molar-refractivity contribution in [3.8, 4) is 0 Å². The van der Waals surface area contributed by atoms with Gasteiger partial charge in [-0.1, -0.05) is 33.8 Å². The van der Waals surface area contributed by atoms with E-state index >= 15 is 0 Å². The minimum atomic E-state index is -0.127. The van der Waals surface area contributed by atoms with Gasteiger partial charge in [-0.25, -0.2) is 0 Å². The Kier molecular flexibility index (Phi) is 3.42. The summed E-state index contributed by atoms with van der Waals surface area (Å²) in [4.78, 5) is 0. The van der Waals surface area contributed by atoms with Crippen LogP contribution < -0.4 is 0 Å². The zero-order valence-corrected chi connectivity index (χ0v) is 12.4. The molecule has 1 unspecified atom stereocenters. The average molecular weight is 254 g/mol. The summed E-state index contributed by atoms with van der Waals surface area (Å²) in [6.45, 7) is 13.0.